The van der Waals surface area contributed by atoms with Crippen LogP contribution in [0.2, 0.25) is 0 Å². The third-order valence-corrected chi connectivity index (χ3v) is 2.25. The molecule has 1 aliphatic rings. The van der Waals surface area contributed by atoms with Gasteiger partial charge in [0.05, 0.1) is 0 Å². The number of hydrogen-bond acceptors (Lipinski definition) is 3. The van der Waals surface area contributed by atoms with Gasteiger partial charge in [-0.1, -0.05) is 0 Å². The summed E-state index contributed by atoms with van der Waals surface area (Å²) < 4.78 is 46.3. The highest BCUT2D eigenvalue weighted by molar-refractivity contribution is 5.94. The Morgan fingerprint density at radius 1 is 1.22 bits per heavy atom. The monoisotopic (exact) mass is 261 g/mol. The number of hydrogen-bond donors (Lipinski definition) is 1. The molecule has 1 amide bonds. The molecular weight excluding hydrogens is 251 g/mol. The number of alkyl halides is 3. The molecule has 0 atom stereocenters. The molecule has 1 aromatic carbocycles. The van der Waals surface area contributed by atoms with Crippen LogP contribution in [-0.2, 0) is 0 Å². The summed E-state index contributed by atoms with van der Waals surface area (Å²) >= 11 is 0. The second kappa shape index (κ2) is 4.75. The molecule has 0 saturated carbocycles. The van der Waals surface area contributed by atoms with Crippen molar-refractivity contribution in [1.29, 1.82) is 0 Å². The van der Waals surface area contributed by atoms with E-state index in [1.165, 1.54) is 18.2 Å². The summed E-state index contributed by atoms with van der Waals surface area (Å²) in [6.45, 7) is -0.604. The molecule has 0 spiro atoms. The lowest BCUT2D eigenvalue weighted by atomic mass is 10.2. The van der Waals surface area contributed by atoms with Gasteiger partial charge in [0, 0.05) is 5.56 Å². The van der Waals surface area contributed by atoms with Crippen LogP contribution in [-0.4, -0.2) is 31.8 Å². The zero-order valence-corrected chi connectivity index (χ0v) is 9.21. The van der Waals surface area contributed by atoms with Crippen molar-refractivity contribution in [3.8, 4) is 11.5 Å². The first-order valence-electron chi connectivity index (χ1n) is 5.20. The highest BCUT2D eigenvalue weighted by Gasteiger charge is 2.28. The standard InChI is InChI=1S/C11H10F3NO3/c12-11(13,14)6-15-10(16)7-1-2-8-9(5-7)18-4-3-17-8/h1-2,5H,3-4,6H2,(H,15,16). The molecule has 7 heteroatoms. The molecule has 0 radical (unpaired) electrons. The molecule has 4 nitrogen and oxygen atoms in total. The third-order valence-electron chi connectivity index (χ3n) is 2.25. The molecule has 0 unspecified atom stereocenters. The van der Waals surface area contributed by atoms with Crippen molar-refractivity contribution >= 4 is 5.91 Å². The Morgan fingerprint density at radius 2 is 1.89 bits per heavy atom. The molecule has 18 heavy (non-hydrogen) atoms. The van der Waals surface area contributed by atoms with Gasteiger partial charge in [-0.3, -0.25) is 4.79 Å². The van der Waals surface area contributed by atoms with Gasteiger partial charge in [-0.05, 0) is 18.2 Å². The third kappa shape index (κ3) is 3.06. The summed E-state index contributed by atoms with van der Waals surface area (Å²) in [5, 5.41) is 1.79. The molecule has 0 fully saturated rings. The molecule has 1 heterocycles. The molecule has 2 rings (SSSR count). The van der Waals surface area contributed by atoms with Crippen LogP contribution >= 0.6 is 0 Å². The van der Waals surface area contributed by atoms with Crippen LogP contribution in [0.15, 0.2) is 18.2 Å². The van der Waals surface area contributed by atoms with Crippen LogP contribution in [0.3, 0.4) is 0 Å². The van der Waals surface area contributed by atoms with E-state index in [0.29, 0.717) is 24.7 Å². The van der Waals surface area contributed by atoms with Gasteiger partial charge in [-0.15, -0.1) is 0 Å². The topological polar surface area (TPSA) is 47.6 Å². The number of nitrogens with one attached hydrogen (secondary N) is 1. The lowest BCUT2D eigenvalue weighted by molar-refractivity contribution is -0.123. The minimum absolute atomic E-state index is 0.100. The fourth-order valence-electron chi connectivity index (χ4n) is 1.47. The molecule has 0 aliphatic carbocycles. The fraction of sp³-hybridized carbons (Fsp3) is 0.364. The largest absolute Gasteiger partial charge is 0.486 e. The van der Waals surface area contributed by atoms with Gasteiger partial charge in [0.15, 0.2) is 11.5 Å². The quantitative estimate of drug-likeness (QED) is 0.882. The van der Waals surface area contributed by atoms with Gasteiger partial charge in [-0.25, -0.2) is 0 Å². The maximum Gasteiger partial charge on any atom is 0.405 e. The van der Waals surface area contributed by atoms with Crippen LogP contribution in [0.5, 0.6) is 11.5 Å². The van der Waals surface area contributed by atoms with Crippen LogP contribution in [0.1, 0.15) is 10.4 Å². The molecule has 0 bridgehead atoms. The number of halogens is 3. The highest BCUT2D eigenvalue weighted by Crippen LogP contribution is 2.30. The summed E-state index contributed by atoms with van der Waals surface area (Å²) in [4.78, 5) is 11.5. The second-order valence-corrected chi connectivity index (χ2v) is 3.66. The number of ether oxygens (including phenoxy) is 2. The Labute approximate surface area is 101 Å². The number of amides is 1. The predicted octanol–water partition coefficient (Wildman–Crippen LogP) is 1.75. The van der Waals surface area contributed by atoms with E-state index in [0.717, 1.165) is 0 Å². The summed E-state index contributed by atoms with van der Waals surface area (Å²) in [7, 11) is 0. The molecule has 0 saturated heterocycles. The van der Waals surface area contributed by atoms with Gasteiger partial charge in [-0.2, -0.15) is 13.2 Å². The number of fused-ring (bicyclic) bond motifs is 1. The predicted molar refractivity (Wildman–Crippen MR) is 55.8 cm³/mol. The van der Waals surface area contributed by atoms with Crippen molar-refractivity contribution in [3.05, 3.63) is 23.8 Å². The van der Waals surface area contributed by atoms with E-state index in [9.17, 15) is 18.0 Å². The first-order chi connectivity index (χ1) is 8.46. The Hall–Kier alpha value is -1.92. The Bertz CT molecular complexity index is 459. The Balaban J connectivity index is 2.07. The van der Waals surface area contributed by atoms with Gasteiger partial charge < -0.3 is 14.8 Å². The van der Waals surface area contributed by atoms with Gasteiger partial charge in [0.25, 0.3) is 5.91 Å². The number of rotatable bonds is 2. The summed E-state index contributed by atoms with van der Waals surface area (Å²) in [6.07, 6.45) is -4.43. The maximum absolute atomic E-state index is 11.9. The maximum atomic E-state index is 11.9. The van der Waals surface area contributed by atoms with Gasteiger partial charge in [0.2, 0.25) is 0 Å². The highest BCUT2D eigenvalue weighted by atomic mass is 19.4. The number of carbonyl (C=O) groups is 1. The zero-order chi connectivity index (χ0) is 13.2. The van der Waals surface area contributed by atoms with Crippen molar-refractivity contribution in [2.24, 2.45) is 0 Å². The number of benzene rings is 1. The van der Waals surface area contributed by atoms with E-state index in [2.05, 4.69) is 0 Å². The Kier molecular flexibility index (Phi) is 3.31. The molecule has 1 aromatic rings. The number of carbonyl (C=O) groups excluding carboxylic acids is 1. The minimum Gasteiger partial charge on any atom is -0.486 e. The molecule has 98 valence electrons. The molecule has 0 aromatic heterocycles. The summed E-state index contributed by atoms with van der Waals surface area (Å²) in [5.74, 6) is 0.0406. The lowest BCUT2D eigenvalue weighted by Gasteiger charge is -2.18. The molecule has 1 aliphatic heterocycles. The van der Waals surface area contributed by atoms with Crippen LogP contribution in [0.25, 0.3) is 0 Å². The van der Waals surface area contributed by atoms with E-state index in [-0.39, 0.29) is 5.56 Å². The van der Waals surface area contributed by atoms with E-state index in [1.54, 1.807) is 5.32 Å². The lowest BCUT2D eigenvalue weighted by Crippen LogP contribution is -2.33. The van der Waals surface area contributed by atoms with Gasteiger partial charge >= 0.3 is 6.18 Å². The van der Waals surface area contributed by atoms with Gasteiger partial charge in [0.1, 0.15) is 19.8 Å². The molecule has 1 N–H and O–H groups in total. The second-order valence-electron chi connectivity index (χ2n) is 3.66. The van der Waals surface area contributed by atoms with Crippen LogP contribution in [0.4, 0.5) is 13.2 Å². The first kappa shape index (κ1) is 12.5. The Morgan fingerprint density at radius 3 is 2.56 bits per heavy atom. The average molecular weight is 261 g/mol. The summed E-state index contributed by atoms with van der Waals surface area (Å²) in [5.41, 5.74) is 0.100. The smallest absolute Gasteiger partial charge is 0.405 e. The summed E-state index contributed by atoms with van der Waals surface area (Å²) in [6, 6.07) is 4.25. The van der Waals surface area contributed by atoms with E-state index >= 15 is 0 Å². The zero-order valence-electron chi connectivity index (χ0n) is 9.21. The normalized spacial score (nSPS) is 14.2. The minimum atomic E-state index is -4.43. The van der Waals surface area contributed by atoms with E-state index in [4.69, 9.17) is 9.47 Å². The van der Waals surface area contributed by atoms with E-state index in [1.807, 2.05) is 0 Å². The van der Waals surface area contributed by atoms with Crippen molar-refractivity contribution < 1.29 is 27.4 Å². The fourth-order valence-corrected chi connectivity index (χ4v) is 1.47. The molecular formula is C11H10F3NO3. The van der Waals surface area contributed by atoms with Crippen LogP contribution < -0.4 is 14.8 Å². The first-order valence-corrected chi connectivity index (χ1v) is 5.20. The van der Waals surface area contributed by atoms with Crippen molar-refractivity contribution in [3.63, 3.8) is 0 Å². The average Bonchev–Trinajstić information content (AvgIpc) is 2.34. The van der Waals surface area contributed by atoms with Crippen molar-refractivity contribution in [2.45, 2.75) is 6.18 Å². The van der Waals surface area contributed by atoms with Crippen LogP contribution in [0, 0.1) is 0 Å². The van der Waals surface area contributed by atoms with Crippen molar-refractivity contribution in [1.82, 2.24) is 5.32 Å². The van der Waals surface area contributed by atoms with E-state index < -0.39 is 18.6 Å². The van der Waals surface area contributed by atoms with Crippen molar-refractivity contribution in [2.75, 3.05) is 19.8 Å². The SMILES string of the molecule is O=C(NCC(F)(F)F)c1ccc2c(c1)OCCO2.